The van der Waals surface area contributed by atoms with Gasteiger partial charge in [-0.15, -0.1) is 11.3 Å². The van der Waals surface area contributed by atoms with Crippen LogP contribution >= 0.6 is 11.3 Å². The molecule has 1 aromatic heterocycles. The Labute approximate surface area is 153 Å². The van der Waals surface area contributed by atoms with Gasteiger partial charge in [-0.25, -0.2) is 9.98 Å². The molecule has 1 atom stereocenters. The number of aryl methyl sites for hydroxylation is 1. The number of rotatable bonds is 5. The molecule has 0 bridgehead atoms. The molecular formula is C18H16N4O3S. The van der Waals surface area contributed by atoms with Gasteiger partial charge in [0.2, 0.25) is 11.8 Å². The molecule has 8 heteroatoms. The van der Waals surface area contributed by atoms with Crippen LogP contribution in [0.25, 0.3) is 0 Å². The topological polar surface area (TPSA) is 101 Å². The van der Waals surface area contributed by atoms with Crippen molar-refractivity contribution in [2.24, 2.45) is 10.9 Å². The molecule has 0 aliphatic carbocycles. The highest BCUT2D eigenvalue weighted by Crippen LogP contribution is 2.19. The molecule has 0 saturated carbocycles. The molecule has 1 aliphatic heterocycles. The lowest BCUT2D eigenvalue weighted by Gasteiger charge is -2.09. The van der Waals surface area contributed by atoms with Crippen LogP contribution in [0, 0.1) is 12.8 Å². The molecule has 26 heavy (non-hydrogen) atoms. The van der Waals surface area contributed by atoms with Crippen molar-refractivity contribution in [3.8, 4) is 0 Å². The summed E-state index contributed by atoms with van der Waals surface area (Å²) in [7, 11) is 0. The Hall–Kier alpha value is -3.13. The van der Waals surface area contributed by atoms with Gasteiger partial charge in [-0.1, -0.05) is 24.3 Å². The van der Waals surface area contributed by atoms with Crippen molar-refractivity contribution in [3.05, 3.63) is 53.1 Å². The molecule has 3 amide bonds. The maximum absolute atomic E-state index is 12.2. The van der Waals surface area contributed by atoms with Crippen molar-refractivity contribution in [1.29, 1.82) is 0 Å². The third kappa shape index (κ3) is 4.28. The summed E-state index contributed by atoms with van der Waals surface area (Å²) in [4.78, 5) is 43.7. The highest BCUT2D eigenvalue weighted by Gasteiger charge is 2.25. The second kappa shape index (κ2) is 7.83. The number of amides is 3. The van der Waals surface area contributed by atoms with E-state index >= 15 is 0 Å². The molecule has 2 heterocycles. The van der Waals surface area contributed by atoms with Gasteiger partial charge in [0.1, 0.15) is 5.92 Å². The van der Waals surface area contributed by atoms with E-state index in [0.29, 0.717) is 10.8 Å². The van der Waals surface area contributed by atoms with E-state index < -0.39 is 17.7 Å². The number of para-hydroxylation sites is 1. The Kier molecular flexibility index (Phi) is 5.33. The molecule has 3 rings (SSSR count). The van der Waals surface area contributed by atoms with E-state index in [2.05, 4.69) is 20.6 Å². The molecule has 2 aromatic rings. The van der Waals surface area contributed by atoms with Crippen LogP contribution in [0.15, 0.2) is 46.8 Å². The van der Waals surface area contributed by atoms with Crippen molar-refractivity contribution >= 4 is 46.1 Å². The number of benzene rings is 1. The number of nitrogens with one attached hydrogen (secondary N) is 2. The van der Waals surface area contributed by atoms with E-state index in [4.69, 9.17) is 0 Å². The summed E-state index contributed by atoms with van der Waals surface area (Å²) < 4.78 is 0. The van der Waals surface area contributed by atoms with Gasteiger partial charge in [0.15, 0.2) is 5.13 Å². The normalized spacial score (nSPS) is 15.7. The summed E-state index contributed by atoms with van der Waals surface area (Å²) >= 11 is 1.20. The zero-order chi connectivity index (χ0) is 18.5. The van der Waals surface area contributed by atoms with E-state index in [-0.39, 0.29) is 12.3 Å². The summed E-state index contributed by atoms with van der Waals surface area (Å²) in [5.41, 5.74) is 2.27. The molecule has 1 aliphatic rings. The number of thiazole rings is 1. The zero-order valence-corrected chi connectivity index (χ0v) is 14.7. The average molecular weight is 368 g/mol. The zero-order valence-electron chi connectivity index (χ0n) is 13.9. The summed E-state index contributed by atoms with van der Waals surface area (Å²) in [6, 6.07) is 7.50. The lowest BCUT2D eigenvalue weighted by atomic mass is 10.1. The van der Waals surface area contributed by atoms with Gasteiger partial charge in [-0.05, 0) is 24.6 Å². The van der Waals surface area contributed by atoms with E-state index in [1.807, 2.05) is 31.2 Å². The van der Waals surface area contributed by atoms with Crippen molar-refractivity contribution < 1.29 is 14.4 Å². The minimum absolute atomic E-state index is 0.0905. The van der Waals surface area contributed by atoms with Crippen LogP contribution in [0.3, 0.4) is 0 Å². The van der Waals surface area contributed by atoms with Gasteiger partial charge in [0.25, 0.3) is 5.91 Å². The number of nitrogens with zero attached hydrogens (tertiary/aromatic N) is 2. The number of carbonyl (C=O) groups is 3. The summed E-state index contributed by atoms with van der Waals surface area (Å²) in [6.07, 6.45) is 4.47. The van der Waals surface area contributed by atoms with Gasteiger partial charge in [0, 0.05) is 17.3 Å². The third-order valence-electron chi connectivity index (χ3n) is 3.68. The summed E-state index contributed by atoms with van der Waals surface area (Å²) in [5, 5.41) is 7.46. The molecule has 1 unspecified atom stereocenters. The van der Waals surface area contributed by atoms with Crippen LogP contribution in [-0.4, -0.2) is 28.9 Å². The van der Waals surface area contributed by atoms with Crippen molar-refractivity contribution in [2.45, 2.75) is 13.3 Å². The number of carbonyl (C=O) groups excluding carboxylic acids is 3. The van der Waals surface area contributed by atoms with Gasteiger partial charge < -0.3 is 10.6 Å². The van der Waals surface area contributed by atoms with Crippen molar-refractivity contribution in [2.75, 3.05) is 10.6 Å². The lowest BCUT2D eigenvalue weighted by Crippen LogP contribution is -2.28. The largest absolute Gasteiger partial charge is 0.326 e. The smallest absolute Gasteiger partial charge is 0.262 e. The monoisotopic (exact) mass is 368 g/mol. The van der Waals surface area contributed by atoms with Crippen LogP contribution in [0.1, 0.15) is 11.3 Å². The fourth-order valence-electron chi connectivity index (χ4n) is 2.34. The molecule has 0 fully saturated rings. The number of dihydropyridines is 1. The molecule has 132 valence electrons. The Morgan fingerprint density at radius 2 is 2.04 bits per heavy atom. The average Bonchev–Trinajstić information content (AvgIpc) is 3.04. The SMILES string of the molecule is Cc1ccccc1NC(=O)Cc1csc(NC(=O)C2C=CC=NC2=O)n1. The first-order chi connectivity index (χ1) is 12.5. The van der Waals surface area contributed by atoms with E-state index in [1.54, 1.807) is 11.5 Å². The highest BCUT2D eigenvalue weighted by molar-refractivity contribution is 7.14. The first-order valence-corrected chi connectivity index (χ1v) is 8.76. The second-order valence-electron chi connectivity index (χ2n) is 5.65. The van der Waals surface area contributed by atoms with E-state index in [9.17, 15) is 14.4 Å². The minimum Gasteiger partial charge on any atom is -0.326 e. The molecule has 2 N–H and O–H groups in total. The first-order valence-electron chi connectivity index (χ1n) is 7.88. The number of hydrogen-bond donors (Lipinski definition) is 2. The number of hydrogen-bond acceptors (Lipinski definition) is 5. The Bertz CT molecular complexity index is 917. The van der Waals surface area contributed by atoms with Gasteiger partial charge in [-0.3, -0.25) is 14.4 Å². The first kappa shape index (κ1) is 17.7. The number of allylic oxidation sites excluding steroid dienone is 1. The van der Waals surface area contributed by atoms with Crippen molar-refractivity contribution in [3.63, 3.8) is 0 Å². The molecule has 1 aromatic carbocycles. The minimum atomic E-state index is -0.947. The quantitative estimate of drug-likeness (QED) is 0.791. The fourth-order valence-corrected chi connectivity index (χ4v) is 3.05. The summed E-state index contributed by atoms with van der Waals surface area (Å²) in [6.45, 7) is 1.91. The number of aromatic nitrogens is 1. The van der Waals surface area contributed by atoms with Crippen LogP contribution in [0.5, 0.6) is 0 Å². The predicted molar refractivity (Wildman–Crippen MR) is 100 cm³/mol. The predicted octanol–water partition coefficient (Wildman–Crippen LogP) is 2.35. The maximum atomic E-state index is 12.2. The van der Waals surface area contributed by atoms with Crippen LogP contribution in [0.4, 0.5) is 10.8 Å². The molecule has 0 radical (unpaired) electrons. The number of aliphatic imine (C=N–C) groups is 1. The van der Waals surface area contributed by atoms with Gasteiger partial charge in [0.05, 0.1) is 12.1 Å². The van der Waals surface area contributed by atoms with Crippen LogP contribution < -0.4 is 10.6 Å². The Balaban J connectivity index is 1.58. The van der Waals surface area contributed by atoms with Gasteiger partial charge >= 0.3 is 0 Å². The highest BCUT2D eigenvalue weighted by atomic mass is 32.1. The van der Waals surface area contributed by atoms with E-state index in [1.165, 1.54) is 23.6 Å². The van der Waals surface area contributed by atoms with E-state index in [0.717, 1.165) is 11.3 Å². The summed E-state index contributed by atoms with van der Waals surface area (Å²) in [5.74, 6) is -2.15. The van der Waals surface area contributed by atoms with Crippen molar-refractivity contribution in [1.82, 2.24) is 4.98 Å². The maximum Gasteiger partial charge on any atom is 0.262 e. The molecule has 7 nitrogen and oxygen atoms in total. The van der Waals surface area contributed by atoms with Crippen LogP contribution in [0.2, 0.25) is 0 Å². The molecular weight excluding hydrogens is 352 g/mol. The van der Waals surface area contributed by atoms with Gasteiger partial charge in [-0.2, -0.15) is 0 Å². The molecule has 0 spiro atoms. The second-order valence-corrected chi connectivity index (χ2v) is 6.51. The number of anilines is 2. The standard InChI is InChI=1S/C18H16N4O3S/c1-11-5-2-3-7-14(11)21-15(23)9-12-10-26-18(20-12)22-17(25)13-6-4-8-19-16(13)24/h2-8,10,13H,9H2,1H3,(H,21,23)(H,20,22,25). The Morgan fingerprint density at radius 3 is 2.81 bits per heavy atom. The Morgan fingerprint density at radius 1 is 1.23 bits per heavy atom. The molecule has 0 saturated heterocycles. The fraction of sp³-hybridized carbons (Fsp3) is 0.167. The van der Waals surface area contributed by atoms with Crippen LogP contribution in [-0.2, 0) is 20.8 Å². The lowest BCUT2D eigenvalue weighted by molar-refractivity contribution is -0.128. The third-order valence-corrected chi connectivity index (χ3v) is 4.49.